The molecule has 0 saturated carbocycles. The Labute approximate surface area is 111 Å². The van der Waals surface area contributed by atoms with Crippen molar-refractivity contribution < 1.29 is 5.11 Å². The van der Waals surface area contributed by atoms with Gasteiger partial charge in [-0.1, -0.05) is 6.07 Å². The SMILES string of the molecule is CC(O)c1ccc(N(C)C(C)CC#N)c(Br)c1. The van der Waals surface area contributed by atoms with E-state index < -0.39 is 6.10 Å². The van der Waals surface area contributed by atoms with Gasteiger partial charge in [0.25, 0.3) is 0 Å². The van der Waals surface area contributed by atoms with Gasteiger partial charge < -0.3 is 10.0 Å². The fourth-order valence-electron chi connectivity index (χ4n) is 1.58. The Balaban J connectivity index is 2.96. The molecular formula is C13H17BrN2O. The van der Waals surface area contributed by atoms with E-state index in [1.807, 2.05) is 32.2 Å². The van der Waals surface area contributed by atoms with E-state index >= 15 is 0 Å². The van der Waals surface area contributed by atoms with Gasteiger partial charge in [-0.2, -0.15) is 5.26 Å². The van der Waals surface area contributed by atoms with Crippen molar-refractivity contribution in [1.82, 2.24) is 0 Å². The molecule has 0 amide bonds. The second kappa shape index (κ2) is 6.04. The van der Waals surface area contributed by atoms with Crippen molar-refractivity contribution in [2.75, 3.05) is 11.9 Å². The highest BCUT2D eigenvalue weighted by Gasteiger charge is 2.13. The van der Waals surface area contributed by atoms with Crippen LogP contribution in [0.3, 0.4) is 0 Å². The highest BCUT2D eigenvalue weighted by molar-refractivity contribution is 9.10. The third-order valence-corrected chi connectivity index (χ3v) is 3.52. The molecule has 1 aromatic carbocycles. The van der Waals surface area contributed by atoms with Gasteiger partial charge in [0.1, 0.15) is 0 Å². The summed E-state index contributed by atoms with van der Waals surface area (Å²) >= 11 is 3.50. The van der Waals surface area contributed by atoms with Crippen LogP contribution in [0, 0.1) is 11.3 Å². The van der Waals surface area contributed by atoms with Gasteiger partial charge in [0, 0.05) is 17.6 Å². The lowest BCUT2D eigenvalue weighted by Crippen LogP contribution is -2.28. The maximum absolute atomic E-state index is 9.49. The average molecular weight is 297 g/mol. The molecule has 0 aliphatic rings. The number of hydrogen-bond donors (Lipinski definition) is 1. The molecule has 2 atom stereocenters. The van der Waals surface area contributed by atoms with Gasteiger partial charge in [-0.3, -0.25) is 0 Å². The van der Waals surface area contributed by atoms with Gasteiger partial charge in [0.05, 0.1) is 24.3 Å². The molecule has 3 nitrogen and oxygen atoms in total. The number of benzene rings is 1. The Bertz CT molecular complexity index is 426. The van der Waals surface area contributed by atoms with Crippen molar-refractivity contribution in [1.29, 1.82) is 5.26 Å². The normalized spacial score (nSPS) is 13.9. The van der Waals surface area contributed by atoms with Gasteiger partial charge in [-0.05, 0) is 47.5 Å². The van der Waals surface area contributed by atoms with Gasteiger partial charge in [0.2, 0.25) is 0 Å². The summed E-state index contributed by atoms with van der Waals surface area (Å²) in [4.78, 5) is 2.05. The van der Waals surface area contributed by atoms with Crippen LogP contribution in [0.5, 0.6) is 0 Å². The lowest BCUT2D eigenvalue weighted by Gasteiger charge is -2.26. The number of rotatable bonds is 4. The molecule has 0 aliphatic carbocycles. The second-order valence-electron chi connectivity index (χ2n) is 4.21. The van der Waals surface area contributed by atoms with Gasteiger partial charge in [-0.15, -0.1) is 0 Å². The van der Waals surface area contributed by atoms with Crippen LogP contribution in [0.25, 0.3) is 0 Å². The van der Waals surface area contributed by atoms with Crippen molar-refractivity contribution >= 4 is 21.6 Å². The summed E-state index contributed by atoms with van der Waals surface area (Å²) in [5.74, 6) is 0. The van der Waals surface area contributed by atoms with Gasteiger partial charge >= 0.3 is 0 Å². The van der Waals surface area contributed by atoms with Crippen LogP contribution in [-0.4, -0.2) is 18.2 Å². The van der Waals surface area contributed by atoms with Crippen molar-refractivity contribution in [2.24, 2.45) is 0 Å². The molecule has 92 valence electrons. The zero-order valence-electron chi connectivity index (χ0n) is 10.3. The zero-order valence-corrected chi connectivity index (χ0v) is 11.9. The molecule has 4 heteroatoms. The number of aliphatic hydroxyl groups is 1. The molecule has 1 aromatic rings. The summed E-state index contributed by atoms with van der Waals surface area (Å²) in [6.45, 7) is 3.75. The van der Waals surface area contributed by atoms with Crippen LogP contribution in [0.2, 0.25) is 0 Å². The molecule has 2 unspecified atom stereocenters. The minimum absolute atomic E-state index is 0.161. The lowest BCUT2D eigenvalue weighted by atomic mass is 10.1. The smallest absolute Gasteiger partial charge is 0.0762 e. The average Bonchev–Trinajstić information content (AvgIpc) is 2.28. The van der Waals surface area contributed by atoms with Crippen LogP contribution in [0.4, 0.5) is 5.69 Å². The molecule has 1 N–H and O–H groups in total. The summed E-state index contributed by atoms with van der Waals surface area (Å²) in [5, 5.41) is 18.2. The Hall–Kier alpha value is -1.05. The van der Waals surface area contributed by atoms with Crippen molar-refractivity contribution in [3.8, 4) is 6.07 Å². The van der Waals surface area contributed by atoms with E-state index in [1.54, 1.807) is 6.92 Å². The number of halogens is 1. The fraction of sp³-hybridized carbons (Fsp3) is 0.462. The van der Waals surface area contributed by atoms with E-state index in [-0.39, 0.29) is 6.04 Å². The fourth-order valence-corrected chi connectivity index (χ4v) is 2.25. The van der Waals surface area contributed by atoms with E-state index in [0.29, 0.717) is 6.42 Å². The summed E-state index contributed by atoms with van der Waals surface area (Å²) in [7, 11) is 1.96. The molecule has 0 heterocycles. The number of aliphatic hydroxyl groups excluding tert-OH is 1. The summed E-state index contributed by atoms with van der Waals surface area (Å²) < 4.78 is 0.934. The van der Waals surface area contributed by atoms with Crippen LogP contribution >= 0.6 is 15.9 Å². The van der Waals surface area contributed by atoms with E-state index in [4.69, 9.17) is 5.26 Å². The molecule has 1 rings (SSSR count). The molecule has 0 aromatic heterocycles. The van der Waals surface area contributed by atoms with E-state index in [1.165, 1.54) is 0 Å². The third-order valence-electron chi connectivity index (χ3n) is 2.88. The highest BCUT2D eigenvalue weighted by atomic mass is 79.9. The second-order valence-corrected chi connectivity index (χ2v) is 5.06. The van der Waals surface area contributed by atoms with Crippen LogP contribution in [0.1, 0.15) is 31.9 Å². The number of nitrogens with zero attached hydrogens (tertiary/aromatic N) is 2. The molecular weight excluding hydrogens is 280 g/mol. The Morgan fingerprint density at radius 3 is 2.59 bits per heavy atom. The highest BCUT2D eigenvalue weighted by Crippen LogP contribution is 2.30. The maximum atomic E-state index is 9.49. The first-order valence-corrected chi connectivity index (χ1v) is 6.34. The molecule has 0 saturated heterocycles. The Morgan fingerprint density at radius 1 is 1.47 bits per heavy atom. The minimum Gasteiger partial charge on any atom is -0.389 e. The maximum Gasteiger partial charge on any atom is 0.0762 e. The number of nitriles is 1. The Kier molecular flexibility index (Phi) is 4.98. The first-order chi connectivity index (χ1) is 7.97. The van der Waals surface area contributed by atoms with E-state index in [2.05, 4.69) is 26.9 Å². The first kappa shape index (κ1) is 14.0. The molecule has 17 heavy (non-hydrogen) atoms. The third kappa shape index (κ3) is 3.45. The van der Waals surface area contributed by atoms with Crippen LogP contribution < -0.4 is 4.90 Å². The monoisotopic (exact) mass is 296 g/mol. The number of hydrogen-bond acceptors (Lipinski definition) is 3. The first-order valence-electron chi connectivity index (χ1n) is 5.54. The lowest BCUT2D eigenvalue weighted by molar-refractivity contribution is 0.199. The quantitative estimate of drug-likeness (QED) is 0.928. The minimum atomic E-state index is -0.470. The molecule has 0 aliphatic heterocycles. The number of anilines is 1. The molecule has 0 fully saturated rings. The molecule has 0 spiro atoms. The standard InChI is InChI=1S/C13H17BrN2O/c1-9(6-7-15)16(3)13-5-4-11(10(2)17)8-12(13)14/h4-5,8-10,17H,6H2,1-3H3. The topological polar surface area (TPSA) is 47.3 Å². The summed E-state index contributed by atoms with van der Waals surface area (Å²) in [5.41, 5.74) is 1.90. The van der Waals surface area contributed by atoms with E-state index in [0.717, 1.165) is 15.7 Å². The van der Waals surface area contributed by atoms with Crippen molar-refractivity contribution in [3.63, 3.8) is 0 Å². The van der Waals surface area contributed by atoms with Gasteiger partial charge in [-0.25, -0.2) is 0 Å². The van der Waals surface area contributed by atoms with Crippen molar-refractivity contribution in [3.05, 3.63) is 28.2 Å². The van der Waals surface area contributed by atoms with Gasteiger partial charge in [0.15, 0.2) is 0 Å². The van der Waals surface area contributed by atoms with Crippen LogP contribution in [0.15, 0.2) is 22.7 Å². The zero-order chi connectivity index (χ0) is 13.0. The summed E-state index contributed by atoms with van der Waals surface area (Å²) in [6.07, 6.45) is 0.0170. The summed E-state index contributed by atoms with van der Waals surface area (Å²) in [6, 6.07) is 8.10. The largest absolute Gasteiger partial charge is 0.389 e. The van der Waals surface area contributed by atoms with Crippen molar-refractivity contribution in [2.45, 2.75) is 32.4 Å². The van der Waals surface area contributed by atoms with E-state index in [9.17, 15) is 5.11 Å². The van der Waals surface area contributed by atoms with Crippen LogP contribution in [-0.2, 0) is 0 Å². The predicted octanol–water partition coefficient (Wildman–Crippen LogP) is 3.24. The predicted molar refractivity (Wildman–Crippen MR) is 72.9 cm³/mol. The molecule has 0 bridgehead atoms. The molecule has 0 radical (unpaired) electrons. The Morgan fingerprint density at radius 2 is 2.12 bits per heavy atom.